The Kier molecular flexibility index (Phi) is 13.4. The molecule has 2 unspecified atom stereocenters. The molecule has 3 aromatic rings. The lowest BCUT2D eigenvalue weighted by Crippen LogP contribution is -2.67. The van der Waals surface area contributed by atoms with Gasteiger partial charge in [0, 0.05) is 37.3 Å². The first-order valence-corrected chi connectivity index (χ1v) is 19.3. The molecule has 1 saturated heterocycles. The van der Waals surface area contributed by atoms with Crippen LogP contribution in [0.25, 0.3) is 10.9 Å². The van der Waals surface area contributed by atoms with Crippen LogP contribution < -0.4 is 21.3 Å². The second-order valence-electron chi connectivity index (χ2n) is 14.9. The molecule has 0 spiro atoms. The van der Waals surface area contributed by atoms with E-state index in [1.165, 1.54) is 24.3 Å². The smallest absolute Gasteiger partial charge is 0.381 e. The molecule has 9 nitrogen and oxygen atoms in total. The summed E-state index contributed by atoms with van der Waals surface area (Å²) >= 11 is 5.86. The Morgan fingerprint density at radius 2 is 1.67 bits per heavy atom. The van der Waals surface area contributed by atoms with E-state index in [-0.39, 0.29) is 48.6 Å². The standard InChI is InChI=1S/C40H51F4N5O4S/c1-5-23(3)33(47-32(50)20-26-10-7-8-13-30(26)41)36(51)49-39(17-14-31-28(21-39)27-11-9-12-29(35(27)46-31)40(42,43)44)38(52)48-34(24(4)6-2)37(54)45-22-25-15-18-53-19-16-25/h7-13,23-25,33-34,46H,5-6,14-22H2,1-4H3,(H,45,54)(H,47,50)(H,48,52)(H,49,51)/t23?,24-,33-,34?,39+/m0/s1. The zero-order valence-electron chi connectivity index (χ0n) is 31.3. The van der Waals surface area contributed by atoms with Crippen molar-refractivity contribution in [3.8, 4) is 0 Å². The molecule has 5 N–H and O–H groups in total. The number of H-pyrrole nitrogens is 1. The van der Waals surface area contributed by atoms with Gasteiger partial charge in [0.1, 0.15) is 17.4 Å². The number of halogens is 4. The summed E-state index contributed by atoms with van der Waals surface area (Å²) in [4.78, 5) is 45.8. The zero-order valence-corrected chi connectivity index (χ0v) is 32.1. The molecular formula is C40H51F4N5O4S. The number of amides is 3. The number of carbonyl (C=O) groups is 3. The van der Waals surface area contributed by atoms with Crippen molar-refractivity contribution in [2.24, 2.45) is 17.8 Å². The van der Waals surface area contributed by atoms with E-state index in [0.29, 0.717) is 60.2 Å². The number of hydrogen-bond acceptors (Lipinski definition) is 5. The van der Waals surface area contributed by atoms with Crippen molar-refractivity contribution < 1.29 is 36.7 Å². The maximum atomic E-state index is 14.8. The topological polar surface area (TPSA) is 124 Å². The van der Waals surface area contributed by atoms with Crippen LogP contribution in [0.3, 0.4) is 0 Å². The molecule has 2 aliphatic rings. The van der Waals surface area contributed by atoms with Crippen LogP contribution in [0.5, 0.6) is 0 Å². The highest BCUT2D eigenvalue weighted by Gasteiger charge is 2.47. The molecule has 3 amide bonds. The monoisotopic (exact) mass is 773 g/mol. The maximum absolute atomic E-state index is 14.8. The third-order valence-corrected chi connectivity index (χ3v) is 11.6. The molecule has 14 heteroatoms. The van der Waals surface area contributed by atoms with Gasteiger partial charge in [-0.15, -0.1) is 0 Å². The number of thiocarbonyl (C=S) groups is 1. The summed E-state index contributed by atoms with van der Waals surface area (Å²) < 4.78 is 62.2. The number of hydrogen-bond donors (Lipinski definition) is 5. The van der Waals surface area contributed by atoms with E-state index in [2.05, 4.69) is 26.3 Å². The number of para-hydroxylation sites is 1. The van der Waals surface area contributed by atoms with Gasteiger partial charge in [-0.05, 0) is 66.7 Å². The van der Waals surface area contributed by atoms with Gasteiger partial charge in [0.2, 0.25) is 17.7 Å². The van der Waals surface area contributed by atoms with Gasteiger partial charge < -0.3 is 31.0 Å². The van der Waals surface area contributed by atoms with Crippen molar-refractivity contribution in [1.29, 1.82) is 0 Å². The zero-order chi connectivity index (χ0) is 39.2. The molecule has 294 valence electrons. The van der Waals surface area contributed by atoms with Crippen LogP contribution in [0, 0.1) is 23.6 Å². The molecule has 54 heavy (non-hydrogen) atoms. The van der Waals surface area contributed by atoms with Crippen molar-refractivity contribution >= 4 is 45.8 Å². The van der Waals surface area contributed by atoms with Crippen LogP contribution in [0.2, 0.25) is 0 Å². The fourth-order valence-electron chi connectivity index (χ4n) is 7.41. The number of aryl methyl sites for hydroxylation is 1. The highest BCUT2D eigenvalue weighted by atomic mass is 32.1. The quantitative estimate of drug-likeness (QED) is 0.0966. The van der Waals surface area contributed by atoms with Gasteiger partial charge in [0.25, 0.3) is 0 Å². The summed E-state index contributed by atoms with van der Waals surface area (Å²) in [7, 11) is 0. The Bertz CT molecular complexity index is 1830. The number of ether oxygens (including phenoxy) is 1. The first kappa shape index (κ1) is 41.1. The third kappa shape index (κ3) is 9.42. The summed E-state index contributed by atoms with van der Waals surface area (Å²) in [5.41, 5.74) is -1.28. The number of rotatable bonds is 14. The van der Waals surface area contributed by atoms with Crippen molar-refractivity contribution in [3.63, 3.8) is 0 Å². The van der Waals surface area contributed by atoms with Crippen molar-refractivity contribution in [1.82, 2.24) is 26.3 Å². The number of fused-ring (bicyclic) bond motifs is 3. The van der Waals surface area contributed by atoms with Crippen LogP contribution in [0.15, 0.2) is 42.5 Å². The van der Waals surface area contributed by atoms with Crippen molar-refractivity contribution in [2.75, 3.05) is 19.8 Å². The van der Waals surface area contributed by atoms with Crippen LogP contribution in [-0.4, -0.2) is 65.1 Å². The number of aromatic nitrogens is 1. The van der Waals surface area contributed by atoms with E-state index in [1.54, 1.807) is 19.1 Å². The maximum Gasteiger partial charge on any atom is 0.418 e. The number of aromatic amines is 1. The van der Waals surface area contributed by atoms with Gasteiger partial charge in [-0.1, -0.05) is 83.1 Å². The normalized spacial score (nSPS) is 19.9. The number of alkyl halides is 3. The van der Waals surface area contributed by atoms with E-state index >= 15 is 0 Å². The molecule has 5 atom stereocenters. The summed E-state index contributed by atoms with van der Waals surface area (Å²) in [6.07, 6.45) is -1.82. The fourth-order valence-corrected chi connectivity index (χ4v) is 7.78. The Balaban J connectivity index is 1.47. The summed E-state index contributed by atoms with van der Waals surface area (Å²) in [5, 5.41) is 12.6. The Labute approximate surface area is 319 Å². The van der Waals surface area contributed by atoms with E-state index in [4.69, 9.17) is 17.0 Å². The van der Waals surface area contributed by atoms with E-state index in [1.807, 2.05) is 20.8 Å². The first-order chi connectivity index (χ1) is 25.7. The van der Waals surface area contributed by atoms with Gasteiger partial charge in [-0.25, -0.2) is 4.39 Å². The largest absolute Gasteiger partial charge is 0.418 e. The average molecular weight is 774 g/mol. The molecule has 1 aliphatic carbocycles. The summed E-state index contributed by atoms with van der Waals surface area (Å²) in [6, 6.07) is 8.12. The number of nitrogens with one attached hydrogen (secondary N) is 5. The minimum Gasteiger partial charge on any atom is -0.381 e. The molecule has 2 aromatic carbocycles. The lowest BCUT2D eigenvalue weighted by molar-refractivity contribution is -0.137. The number of carbonyl (C=O) groups excluding carboxylic acids is 3. The Hall–Kier alpha value is -4.04. The van der Waals surface area contributed by atoms with Gasteiger partial charge in [-0.2, -0.15) is 13.2 Å². The predicted molar refractivity (Wildman–Crippen MR) is 203 cm³/mol. The lowest BCUT2D eigenvalue weighted by Gasteiger charge is -2.40. The Morgan fingerprint density at radius 1 is 0.981 bits per heavy atom. The molecule has 0 bridgehead atoms. The van der Waals surface area contributed by atoms with Gasteiger partial charge >= 0.3 is 6.18 Å². The van der Waals surface area contributed by atoms with Gasteiger partial charge in [0.05, 0.1) is 28.5 Å². The molecule has 1 aliphatic heterocycles. The SMILES string of the molecule is CCC(C)[C@H](NC(=O)Cc1ccccc1F)C(=O)N[C@]1(C(=O)NC(C(=S)NCC2CCOCC2)[C@@H](C)CC)CCc2[nH]c3c(C(F)(F)F)cccc3c2C1. The van der Waals surface area contributed by atoms with Gasteiger partial charge in [-0.3, -0.25) is 14.4 Å². The van der Waals surface area contributed by atoms with Crippen LogP contribution in [0.1, 0.15) is 82.2 Å². The van der Waals surface area contributed by atoms with E-state index in [0.717, 1.165) is 18.9 Å². The molecule has 1 aromatic heterocycles. The highest BCUT2D eigenvalue weighted by Crippen LogP contribution is 2.40. The molecule has 2 heterocycles. The highest BCUT2D eigenvalue weighted by molar-refractivity contribution is 7.80. The Morgan fingerprint density at radius 3 is 2.33 bits per heavy atom. The first-order valence-electron chi connectivity index (χ1n) is 18.9. The second kappa shape index (κ2) is 17.6. The second-order valence-corrected chi connectivity index (χ2v) is 15.3. The van der Waals surface area contributed by atoms with Crippen LogP contribution in [0.4, 0.5) is 17.6 Å². The number of benzene rings is 2. The molecular weight excluding hydrogens is 723 g/mol. The minimum atomic E-state index is -4.61. The van der Waals surface area contributed by atoms with Crippen LogP contribution >= 0.6 is 12.2 Å². The lowest BCUT2D eigenvalue weighted by atomic mass is 9.78. The predicted octanol–water partition coefficient (Wildman–Crippen LogP) is 6.32. The average Bonchev–Trinajstić information content (AvgIpc) is 3.52. The summed E-state index contributed by atoms with van der Waals surface area (Å²) in [5.74, 6) is -2.38. The van der Waals surface area contributed by atoms with Crippen LogP contribution in [-0.2, 0) is 44.6 Å². The molecule has 1 fully saturated rings. The van der Waals surface area contributed by atoms with Crippen molar-refractivity contribution in [3.05, 3.63) is 70.7 Å². The fraction of sp³-hybridized carbons (Fsp3) is 0.550. The molecule has 0 saturated carbocycles. The van der Waals surface area contributed by atoms with E-state index < -0.39 is 52.9 Å². The van der Waals surface area contributed by atoms with E-state index in [9.17, 15) is 31.9 Å². The molecule has 5 rings (SSSR count). The van der Waals surface area contributed by atoms with Crippen molar-refractivity contribution in [2.45, 2.75) is 103 Å². The van der Waals surface area contributed by atoms with Gasteiger partial charge in [0.15, 0.2) is 0 Å². The molecule has 0 radical (unpaired) electrons. The third-order valence-electron chi connectivity index (χ3n) is 11.2. The summed E-state index contributed by atoms with van der Waals surface area (Å²) in [6.45, 7) is 9.58. The minimum absolute atomic E-state index is 0.0671.